The third-order valence-electron chi connectivity index (χ3n) is 5.70. The van der Waals surface area contributed by atoms with Crippen LogP contribution in [0.15, 0.2) is 28.2 Å². The smallest absolute Gasteiger partial charge is 0.263 e. The Kier molecular flexibility index (Phi) is 5.97. The van der Waals surface area contributed by atoms with Crippen LogP contribution >= 0.6 is 23.1 Å². The van der Waals surface area contributed by atoms with Crippen molar-refractivity contribution in [2.24, 2.45) is 0 Å². The van der Waals surface area contributed by atoms with Crippen molar-refractivity contribution < 1.29 is 9.18 Å². The molecule has 0 bridgehead atoms. The zero-order valence-electron chi connectivity index (χ0n) is 17.3. The average molecular weight is 446 g/mol. The van der Waals surface area contributed by atoms with Crippen molar-refractivity contribution in [3.05, 3.63) is 50.4 Å². The van der Waals surface area contributed by atoms with Crippen LogP contribution in [0.4, 0.5) is 10.1 Å². The molecule has 1 saturated carbocycles. The van der Waals surface area contributed by atoms with E-state index in [1.165, 1.54) is 35.2 Å². The number of nitrogens with one attached hydrogen (secondary N) is 1. The number of thiophene rings is 1. The number of fused-ring (bicyclic) bond motifs is 1. The van der Waals surface area contributed by atoms with Gasteiger partial charge < -0.3 is 5.32 Å². The molecule has 0 saturated heterocycles. The van der Waals surface area contributed by atoms with Gasteiger partial charge in [-0.15, -0.1) is 11.3 Å². The molecule has 30 heavy (non-hydrogen) atoms. The second kappa shape index (κ2) is 8.51. The summed E-state index contributed by atoms with van der Waals surface area (Å²) >= 11 is 2.79. The van der Waals surface area contributed by atoms with Gasteiger partial charge >= 0.3 is 0 Å². The first-order valence-corrected chi connectivity index (χ1v) is 11.9. The molecule has 0 unspecified atom stereocenters. The van der Waals surface area contributed by atoms with Crippen LogP contribution in [-0.2, 0) is 4.79 Å². The largest absolute Gasteiger partial charge is 0.325 e. The molecule has 0 radical (unpaired) electrons. The number of carbonyl (C=O) groups excluding carboxylic acids is 1. The van der Waals surface area contributed by atoms with Crippen LogP contribution < -0.4 is 10.9 Å². The lowest BCUT2D eigenvalue weighted by Gasteiger charge is -2.18. The molecular weight excluding hydrogens is 421 g/mol. The Morgan fingerprint density at radius 1 is 1.30 bits per heavy atom. The highest BCUT2D eigenvalue weighted by Gasteiger charge is 2.25. The molecule has 0 spiro atoms. The summed E-state index contributed by atoms with van der Waals surface area (Å²) in [6, 6.07) is 4.44. The number of thioether (sulfide) groups is 1. The maximum atomic E-state index is 13.5. The van der Waals surface area contributed by atoms with E-state index >= 15 is 0 Å². The molecule has 158 valence electrons. The molecule has 4 rings (SSSR count). The Hall–Kier alpha value is -2.19. The summed E-state index contributed by atoms with van der Waals surface area (Å²) < 4.78 is 15.3. The Morgan fingerprint density at radius 2 is 2.03 bits per heavy atom. The fourth-order valence-corrected chi connectivity index (χ4v) is 5.86. The van der Waals surface area contributed by atoms with E-state index in [9.17, 15) is 14.0 Å². The Bertz CT molecular complexity index is 1180. The summed E-state index contributed by atoms with van der Waals surface area (Å²) in [7, 11) is 0. The van der Waals surface area contributed by atoms with Crippen LogP contribution in [0.5, 0.6) is 0 Å². The standard InChI is InChI=1S/C22H24FN3O2S2/c1-12-8-9-15(23)10-17(12)24-18(27)11-29-22-25-20-19(13(2)14(3)30-20)21(28)26(22)16-6-4-5-7-16/h8-10,16H,4-7,11H2,1-3H3,(H,24,27). The molecule has 2 aromatic heterocycles. The fraction of sp³-hybridized carbons (Fsp3) is 0.409. The summed E-state index contributed by atoms with van der Waals surface area (Å²) in [6.45, 7) is 5.79. The van der Waals surface area contributed by atoms with Gasteiger partial charge in [0.1, 0.15) is 10.6 Å². The van der Waals surface area contributed by atoms with Gasteiger partial charge in [0, 0.05) is 16.6 Å². The summed E-state index contributed by atoms with van der Waals surface area (Å²) in [5.41, 5.74) is 2.25. The van der Waals surface area contributed by atoms with E-state index in [0.717, 1.165) is 46.5 Å². The van der Waals surface area contributed by atoms with E-state index in [1.54, 1.807) is 10.6 Å². The van der Waals surface area contributed by atoms with E-state index in [2.05, 4.69) is 5.32 Å². The lowest BCUT2D eigenvalue weighted by atomic mass is 10.2. The Labute approximate surface area is 182 Å². The molecule has 2 heterocycles. The number of nitrogens with zero attached hydrogens (tertiary/aromatic N) is 2. The van der Waals surface area contributed by atoms with Gasteiger partial charge in [0.15, 0.2) is 5.16 Å². The van der Waals surface area contributed by atoms with Gasteiger partial charge in [-0.05, 0) is 56.9 Å². The maximum Gasteiger partial charge on any atom is 0.263 e. The normalized spacial score (nSPS) is 14.5. The van der Waals surface area contributed by atoms with Gasteiger partial charge in [-0.3, -0.25) is 14.2 Å². The number of halogens is 1. The van der Waals surface area contributed by atoms with Crippen LogP contribution in [0.2, 0.25) is 0 Å². The quantitative estimate of drug-likeness (QED) is 0.424. The number of aromatic nitrogens is 2. The molecule has 5 nitrogen and oxygen atoms in total. The molecule has 1 N–H and O–H groups in total. The van der Waals surface area contributed by atoms with Crippen molar-refractivity contribution in [2.75, 3.05) is 11.1 Å². The van der Waals surface area contributed by atoms with E-state index in [0.29, 0.717) is 16.2 Å². The third kappa shape index (κ3) is 4.03. The van der Waals surface area contributed by atoms with Crippen molar-refractivity contribution in [1.82, 2.24) is 9.55 Å². The monoisotopic (exact) mass is 445 g/mol. The molecule has 0 atom stereocenters. The van der Waals surface area contributed by atoms with Crippen molar-refractivity contribution in [1.29, 1.82) is 0 Å². The number of amides is 1. The first kappa shape index (κ1) is 21.1. The van der Waals surface area contributed by atoms with Crippen molar-refractivity contribution in [3.63, 3.8) is 0 Å². The molecule has 1 aliphatic rings. The second-order valence-corrected chi connectivity index (χ2v) is 9.91. The van der Waals surface area contributed by atoms with Gasteiger partial charge in [-0.2, -0.15) is 0 Å². The maximum absolute atomic E-state index is 13.5. The lowest BCUT2D eigenvalue weighted by Crippen LogP contribution is -2.27. The zero-order valence-corrected chi connectivity index (χ0v) is 18.9. The van der Waals surface area contributed by atoms with E-state index in [-0.39, 0.29) is 23.3 Å². The topological polar surface area (TPSA) is 64.0 Å². The van der Waals surface area contributed by atoms with Crippen LogP contribution in [0.25, 0.3) is 10.2 Å². The molecule has 1 aliphatic carbocycles. The van der Waals surface area contributed by atoms with E-state index in [4.69, 9.17) is 4.98 Å². The summed E-state index contributed by atoms with van der Waals surface area (Å²) in [5, 5.41) is 4.05. The second-order valence-electron chi connectivity index (χ2n) is 7.77. The molecule has 1 amide bonds. The minimum Gasteiger partial charge on any atom is -0.325 e. The minimum absolute atomic E-state index is 0.00219. The summed E-state index contributed by atoms with van der Waals surface area (Å²) in [6.07, 6.45) is 4.11. The molecule has 0 aliphatic heterocycles. The van der Waals surface area contributed by atoms with Crippen molar-refractivity contribution in [3.8, 4) is 0 Å². The summed E-state index contributed by atoms with van der Waals surface area (Å²) in [4.78, 5) is 32.5. The van der Waals surface area contributed by atoms with E-state index < -0.39 is 5.82 Å². The SMILES string of the molecule is Cc1ccc(F)cc1NC(=O)CSc1nc2sc(C)c(C)c2c(=O)n1C1CCCC1. The molecule has 8 heteroatoms. The van der Waals surface area contributed by atoms with Crippen molar-refractivity contribution in [2.45, 2.75) is 57.7 Å². The van der Waals surface area contributed by atoms with Crippen molar-refractivity contribution >= 4 is 44.9 Å². The number of hydrogen-bond donors (Lipinski definition) is 1. The molecule has 1 fully saturated rings. The molecule has 3 aromatic rings. The van der Waals surface area contributed by atoms with Gasteiger partial charge in [-0.25, -0.2) is 9.37 Å². The number of anilines is 1. The number of carbonyl (C=O) groups is 1. The van der Waals surface area contributed by atoms with Crippen LogP contribution in [0.1, 0.15) is 47.7 Å². The highest BCUT2D eigenvalue weighted by molar-refractivity contribution is 7.99. The first-order chi connectivity index (χ1) is 14.3. The predicted molar refractivity (Wildman–Crippen MR) is 121 cm³/mol. The first-order valence-electron chi connectivity index (χ1n) is 10.1. The third-order valence-corrected chi connectivity index (χ3v) is 7.75. The molecular formula is C22H24FN3O2S2. The average Bonchev–Trinajstić information content (AvgIpc) is 3.32. The lowest BCUT2D eigenvalue weighted by molar-refractivity contribution is -0.113. The predicted octanol–water partition coefficient (Wildman–Crippen LogP) is 5.37. The minimum atomic E-state index is -0.394. The van der Waals surface area contributed by atoms with Gasteiger partial charge in [0.05, 0.1) is 11.1 Å². The zero-order chi connectivity index (χ0) is 21.4. The van der Waals surface area contributed by atoms with Gasteiger partial charge in [0.25, 0.3) is 5.56 Å². The number of hydrogen-bond acceptors (Lipinski definition) is 5. The van der Waals surface area contributed by atoms with Crippen LogP contribution in [0.3, 0.4) is 0 Å². The number of rotatable bonds is 5. The highest BCUT2D eigenvalue weighted by atomic mass is 32.2. The molecule has 1 aromatic carbocycles. The van der Waals surface area contributed by atoms with E-state index in [1.807, 2.05) is 20.8 Å². The Balaban J connectivity index is 1.63. The Morgan fingerprint density at radius 3 is 2.77 bits per heavy atom. The highest BCUT2D eigenvalue weighted by Crippen LogP contribution is 2.34. The number of benzene rings is 1. The number of aryl methyl sites for hydroxylation is 3. The fourth-order valence-electron chi connectivity index (χ4n) is 3.92. The van der Waals surface area contributed by atoms with Gasteiger partial charge in [0.2, 0.25) is 5.91 Å². The van der Waals surface area contributed by atoms with Gasteiger partial charge in [-0.1, -0.05) is 30.7 Å². The van der Waals surface area contributed by atoms with Crippen LogP contribution in [0, 0.1) is 26.6 Å². The summed E-state index contributed by atoms with van der Waals surface area (Å²) in [5.74, 6) is -0.544. The van der Waals surface area contributed by atoms with Crippen LogP contribution in [-0.4, -0.2) is 21.2 Å².